The standard InChI is InChI=1S/C34H34O2/c1-27(32-13-7-3-8-14-32)23-31(21-22-34(35)33-15-9-4-10-16-33)26-36-25-30-19-17-29(18-20-30)24-28-11-5-2-6-12-28/h2-20,31H,1,21-26H2. The van der Waals surface area contributed by atoms with Gasteiger partial charge in [0.15, 0.2) is 5.78 Å². The van der Waals surface area contributed by atoms with Gasteiger partial charge in [-0.3, -0.25) is 4.79 Å². The Hall–Kier alpha value is -3.75. The predicted molar refractivity (Wildman–Crippen MR) is 149 cm³/mol. The molecule has 0 aliphatic rings. The quantitative estimate of drug-likeness (QED) is 0.183. The van der Waals surface area contributed by atoms with Gasteiger partial charge in [-0.05, 0) is 53.0 Å². The van der Waals surface area contributed by atoms with Crippen LogP contribution in [0.1, 0.15) is 51.9 Å². The van der Waals surface area contributed by atoms with Gasteiger partial charge in [0.05, 0.1) is 13.2 Å². The normalized spacial score (nSPS) is 11.7. The van der Waals surface area contributed by atoms with Crippen molar-refractivity contribution < 1.29 is 9.53 Å². The Kier molecular flexibility index (Phi) is 9.41. The molecule has 0 bridgehead atoms. The summed E-state index contributed by atoms with van der Waals surface area (Å²) in [6.07, 6.45) is 3.02. The Morgan fingerprint density at radius 3 is 1.83 bits per heavy atom. The van der Waals surface area contributed by atoms with E-state index in [1.54, 1.807) is 0 Å². The van der Waals surface area contributed by atoms with Gasteiger partial charge in [-0.15, -0.1) is 0 Å². The number of hydrogen-bond acceptors (Lipinski definition) is 2. The van der Waals surface area contributed by atoms with Gasteiger partial charge in [0, 0.05) is 12.0 Å². The first-order valence-corrected chi connectivity index (χ1v) is 12.7. The van der Waals surface area contributed by atoms with Crippen molar-refractivity contribution in [3.63, 3.8) is 0 Å². The molecule has 0 heterocycles. The Balaban J connectivity index is 1.32. The van der Waals surface area contributed by atoms with Crippen LogP contribution in [-0.4, -0.2) is 12.4 Å². The largest absolute Gasteiger partial charge is 0.376 e. The van der Waals surface area contributed by atoms with Crippen molar-refractivity contribution in [3.05, 3.63) is 150 Å². The van der Waals surface area contributed by atoms with Crippen LogP contribution in [0.3, 0.4) is 0 Å². The fourth-order valence-corrected chi connectivity index (χ4v) is 4.42. The van der Waals surface area contributed by atoms with Crippen LogP contribution in [0.2, 0.25) is 0 Å². The lowest BCUT2D eigenvalue weighted by Crippen LogP contribution is -2.13. The van der Waals surface area contributed by atoms with Gasteiger partial charge < -0.3 is 4.74 Å². The van der Waals surface area contributed by atoms with E-state index in [0.717, 1.165) is 41.5 Å². The Morgan fingerprint density at radius 1 is 0.667 bits per heavy atom. The van der Waals surface area contributed by atoms with Crippen molar-refractivity contribution in [3.8, 4) is 0 Å². The summed E-state index contributed by atoms with van der Waals surface area (Å²) >= 11 is 0. The highest BCUT2D eigenvalue weighted by molar-refractivity contribution is 5.95. The lowest BCUT2D eigenvalue weighted by Gasteiger charge is -2.19. The highest BCUT2D eigenvalue weighted by atomic mass is 16.5. The third-order valence-electron chi connectivity index (χ3n) is 6.49. The first-order valence-electron chi connectivity index (χ1n) is 12.7. The predicted octanol–water partition coefficient (Wildman–Crippen LogP) is 8.18. The van der Waals surface area contributed by atoms with Crippen molar-refractivity contribution in [1.82, 2.24) is 0 Å². The van der Waals surface area contributed by atoms with Gasteiger partial charge in [0.1, 0.15) is 0 Å². The minimum absolute atomic E-state index is 0.180. The summed E-state index contributed by atoms with van der Waals surface area (Å²) in [5.41, 5.74) is 6.77. The molecule has 0 saturated heterocycles. The molecule has 4 aromatic carbocycles. The van der Waals surface area contributed by atoms with Gasteiger partial charge in [0.2, 0.25) is 0 Å². The molecule has 0 radical (unpaired) electrons. The molecule has 0 spiro atoms. The molecule has 0 aliphatic carbocycles. The second-order valence-corrected chi connectivity index (χ2v) is 9.36. The average molecular weight is 475 g/mol. The van der Waals surface area contributed by atoms with Gasteiger partial charge >= 0.3 is 0 Å². The molecule has 0 amide bonds. The van der Waals surface area contributed by atoms with E-state index in [2.05, 4.69) is 67.2 Å². The maximum absolute atomic E-state index is 12.7. The molecule has 0 N–H and O–H groups in total. The zero-order valence-corrected chi connectivity index (χ0v) is 20.8. The number of ether oxygens (including phenoxy) is 1. The highest BCUT2D eigenvalue weighted by Gasteiger charge is 2.15. The molecule has 0 aromatic heterocycles. The third kappa shape index (κ3) is 7.90. The van der Waals surface area contributed by atoms with E-state index in [4.69, 9.17) is 4.74 Å². The molecule has 2 heteroatoms. The van der Waals surface area contributed by atoms with Gasteiger partial charge in [0.25, 0.3) is 0 Å². The summed E-state index contributed by atoms with van der Waals surface area (Å²) < 4.78 is 6.16. The molecular formula is C34H34O2. The maximum Gasteiger partial charge on any atom is 0.162 e. The number of Topliss-reactive ketones (excluding diaryl/α,β-unsaturated/α-hetero) is 1. The number of benzene rings is 4. The summed E-state index contributed by atoms with van der Waals surface area (Å²) in [5, 5.41) is 0. The van der Waals surface area contributed by atoms with Crippen molar-refractivity contribution in [1.29, 1.82) is 0 Å². The number of allylic oxidation sites excluding steroid dienone is 1. The molecule has 1 atom stereocenters. The molecule has 182 valence electrons. The van der Waals surface area contributed by atoms with Crippen molar-refractivity contribution in [2.75, 3.05) is 6.61 Å². The van der Waals surface area contributed by atoms with Crippen molar-refractivity contribution >= 4 is 11.4 Å². The van der Waals surface area contributed by atoms with Crippen LogP contribution in [0.25, 0.3) is 5.57 Å². The summed E-state index contributed by atoms with van der Waals surface area (Å²) in [6.45, 7) is 5.48. The van der Waals surface area contributed by atoms with Crippen LogP contribution >= 0.6 is 0 Å². The number of carbonyl (C=O) groups excluding carboxylic acids is 1. The number of carbonyl (C=O) groups is 1. The SMILES string of the molecule is C=C(CC(CCC(=O)c1ccccc1)COCc1ccc(Cc2ccccc2)cc1)c1ccccc1. The fraction of sp³-hybridized carbons (Fsp3) is 0.206. The number of hydrogen-bond donors (Lipinski definition) is 0. The minimum atomic E-state index is 0.180. The lowest BCUT2D eigenvalue weighted by molar-refractivity contribution is 0.0808. The number of rotatable bonds is 13. The van der Waals surface area contributed by atoms with Gasteiger partial charge in [-0.2, -0.15) is 0 Å². The third-order valence-corrected chi connectivity index (χ3v) is 6.49. The second-order valence-electron chi connectivity index (χ2n) is 9.36. The summed E-state index contributed by atoms with van der Waals surface area (Å²) in [5.74, 6) is 0.405. The first kappa shape index (κ1) is 25.3. The van der Waals surface area contributed by atoms with E-state index >= 15 is 0 Å². The van der Waals surface area contributed by atoms with Gasteiger partial charge in [-0.1, -0.05) is 122 Å². The zero-order chi connectivity index (χ0) is 25.0. The minimum Gasteiger partial charge on any atom is -0.376 e. The smallest absolute Gasteiger partial charge is 0.162 e. The fourth-order valence-electron chi connectivity index (χ4n) is 4.42. The molecule has 4 rings (SSSR count). The van der Waals surface area contributed by atoms with E-state index in [9.17, 15) is 4.79 Å². The van der Waals surface area contributed by atoms with E-state index in [-0.39, 0.29) is 11.7 Å². The Bertz CT molecular complexity index is 1210. The molecule has 0 saturated carbocycles. The van der Waals surface area contributed by atoms with E-state index in [1.807, 2.05) is 54.6 Å². The van der Waals surface area contributed by atoms with Crippen molar-refractivity contribution in [2.24, 2.45) is 5.92 Å². The Labute approximate surface area is 215 Å². The topological polar surface area (TPSA) is 26.3 Å². The van der Waals surface area contributed by atoms with Gasteiger partial charge in [-0.25, -0.2) is 0 Å². The Morgan fingerprint density at radius 2 is 1.19 bits per heavy atom. The van der Waals surface area contributed by atoms with Crippen LogP contribution in [-0.2, 0) is 17.8 Å². The lowest BCUT2D eigenvalue weighted by atomic mass is 9.91. The van der Waals surface area contributed by atoms with Crippen LogP contribution in [0.4, 0.5) is 0 Å². The molecule has 2 nitrogen and oxygen atoms in total. The van der Waals surface area contributed by atoms with Crippen LogP contribution in [0, 0.1) is 5.92 Å². The molecule has 0 aliphatic heterocycles. The second kappa shape index (κ2) is 13.4. The average Bonchev–Trinajstić information content (AvgIpc) is 2.94. The van der Waals surface area contributed by atoms with Crippen LogP contribution in [0.15, 0.2) is 122 Å². The highest BCUT2D eigenvalue weighted by Crippen LogP contribution is 2.25. The van der Waals surface area contributed by atoms with Crippen molar-refractivity contribution in [2.45, 2.75) is 32.3 Å². The molecular weight excluding hydrogens is 440 g/mol. The summed E-state index contributed by atoms with van der Waals surface area (Å²) in [7, 11) is 0. The van der Waals surface area contributed by atoms with E-state index in [1.165, 1.54) is 11.1 Å². The van der Waals surface area contributed by atoms with Crippen LogP contribution in [0.5, 0.6) is 0 Å². The zero-order valence-electron chi connectivity index (χ0n) is 20.8. The maximum atomic E-state index is 12.7. The monoisotopic (exact) mass is 474 g/mol. The summed E-state index contributed by atoms with van der Waals surface area (Å²) in [4.78, 5) is 12.7. The molecule has 36 heavy (non-hydrogen) atoms. The summed E-state index contributed by atoms with van der Waals surface area (Å²) in [6, 6.07) is 39.0. The first-order chi connectivity index (χ1) is 17.7. The van der Waals surface area contributed by atoms with Crippen LogP contribution < -0.4 is 0 Å². The van der Waals surface area contributed by atoms with E-state index in [0.29, 0.717) is 19.6 Å². The molecule has 1 unspecified atom stereocenters. The number of ketones is 1. The molecule has 0 fully saturated rings. The molecule has 4 aromatic rings. The van der Waals surface area contributed by atoms with E-state index < -0.39 is 0 Å².